The van der Waals surface area contributed by atoms with Crippen LogP contribution in [0.3, 0.4) is 0 Å². The van der Waals surface area contributed by atoms with E-state index in [0.29, 0.717) is 5.56 Å². The van der Waals surface area contributed by atoms with Crippen molar-refractivity contribution in [3.63, 3.8) is 0 Å². The molecule has 3 aromatic rings. The molecule has 0 spiro atoms. The Hall–Kier alpha value is -3.63. The summed E-state index contributed by atoms with van der Waals surface area (Å²) in [6.07, 6.45) is 0. The summed E-state index contributed by atoms with van der Waals surface area (Å²) in [6.45, 7) is 3.64. The smallest absolute Gasteiger partial charge is 0.235 e. The molecule has 2 aliphatic heterocycles. The Morgan fingerprint density at radius 1 is 1.12 bits per heavy atom. The molecule has 1 fully saturated rings. The third-order valence-electron chi connectivity index (χ3n) is 6.82. The van der Waals surface area contributed by atoms with Gasteiger partial charge in [-0.25, -0.2) is 4.99 Å². The van der Waals surface area contributed by atoms with Gasteiger partial charge in [-0.1, -0.05) is 30.3 Å². The van der Waals surface area contributed by atoms with Crippen molar-refractivity contribution in [3.05, 3.63) is 76.5 Å². The second kappa shape index (κ2) is 8.05. The van der Waals surface area contributed by atoms with Crippen molar-refractivity contribution >= 4 is 28.9 Å². The van der Waals surface area contributed by atoms with Crippen LogP contribution in [0.15, 0.2) is 71.0 Å². The summed E-state index contributed by atoms with van der Waals surface area (Å²) in [4.78, 5) is 23.1. The first-order valence-corrected chi connectivity index (χ1v) is 11.8. The van der Waals surface area contributed by atoms with Gasteiger partial charge in [0.25, 0.3) is 0 Å². The molecule has 1 aromatic heterocycles. The van der Waals surface area contributed by atoms with Gasteiger partial charge >= 0.3 is 0 Å². The number of anilines is 1. The molecule has 166 valence electrons. The zero-order valence-electron chi connectivity index (χ0n) is 18.6. The summed E-state index contributed by atoms with van der Waals surface area (Å²) >= 11 is 1.59. The van der Waals surface area contributed by atoms with Gasteiger partial charge in [0.1, 0.15) is 5.54 Å². The predicted octanol–water partition coefficient (Wildman–Crippen LogP) is 4.04. The number of carbonyl (C=O) groups is 1. The average molecular weight is 456 g/mol. The highest BCUT2D eigenvalue weighted by Crippen LogP contribution is 2.47. The van der Waals surface area contributed by atoms with Crippen LogP contribution in [0.1, 0.15) is 17.4 Å². The van der Waals surface area contributed by atoms with E-state index in [9.17, 15) is 10.1 Å². The third kappa shape index (κ3) is 3.57. The van der Waals surface area contributed by atoms with E-state index in [1.807, 2.05) is 43.3 Å². The molecular weight excluding hydrogens is 430 g/mol. The number of amides is 1. The molecule has 5 rings (SSSR count). The Labute approximate surface area is 197 Å². The maximum absolute atomic E-state index is 13.5. The van der Waals surface area contributed by atoms with E-state index in [1.54, 1.807) is 24.5 Å². The Bertz CT molecular complexity index is 1270. The first-order chi connectivity index (χ1) is 15.9. The van der Waals surface area contributed by atoms with Crippen LogP contribution in [0.5, 0.6) is 0 Å². The fourth-order valence-electron chi connectivity index (χ4n) is 4.91. The lowest BCUT2D eigenvalue weighted by Gasteiger charge is -2.50. The minimum atomic E-state index is -0.739. The fourth-order valence-corrected chi connectivity index (χ4v) is 5.97. The molecular formula is C26H25N5OS. The van der Waals surface area contributed by atoms with Crippen molar-refractivity contribution < 1.29 is 4.79 Å². The lowest BCUT2D eigenvalue weighted by molar-refractivity contribution is -0.137. The average Bonchev–Trinajstić information content (AvgIpc) is 3.31. The molecule has 0 unspecified atom stereocenters. The number of hydrogen-bond acceptors (Lipinski definition) is 6. The zero-order chi connectivity index (χ0) is 23.2. The van der Waals surface area contributed by atoms with Gasteiger partial charge in [0, 0.05) is 36.6 Å². The van der Waals surface area contributed by atoms with Crippen LogP contribution in [-0.2, 0) is 10.3 Å². The Balaban J connectivity index is 1.48. The maximum atomic E-state index is 13.5. The molecule has 2 atom stereocenters. The molecule has 0 bridgehead atoms. The zero-order valence-corrected chi connectivity index (χ0v) is 19.4. The molecule has 2 aromatic carbocycles. The first kappa shape index (κ1) is 21.2. The van der Waals surface area contributed by atoms with Gasteiger partial charge in [-0.05, 0) is 53.8 Å². The topological polar surface area (TPSA) is 85.7 Å². The number of para-hydroxylation sites is 1. The number of hydrogen-bond donors (Lipinski definition) is 1. The van der Waals surface area contributed by atoms with Gasteiger partial charge < -0.3 is 10.6 Å². The number of guanidine groups is 1. The van der Waals surface area contributed by atoms with Crippen LogP contribution in [-0.4, -0.2) is 36.9 Å². The number of nitrogens with two attached hydrogens (primary N) is 1. The number of aliphatic imine (C=N–C) groups is 1. The summed E-state index contributed by atoms with van der Waals surface area (Å²) in [7, 11) is 1.70. The standard InChI is InChI=1S/C26H25N5OS/c1-26(22-12-19(16-33-22)18-8-6-7-17(11-18)13-27)23(24(32)30(2)25(28)29-26)20-14-31(15-20)21-9-4-3-5-10-21/h3-12,16,20,23H,14-15H2,1-2H3,(H2,28,29)/t23-,26+/m0/s1. The van der Waals surface area contributed by atoms with E-state index < -0.39 is 5.54 Å². The van der Waals surface area contributed by atoms with E-state index in [2.05, 4.69) is 34.5 Å². The summed E-state index contributed by atoms with van der Waals surface area (Å²) in [5, 5.41) is 11.3. The lowest BCUT2D eigenvalue weighted by Crippen LogP contribution is -2.62. The van der Waals surface area contributed by atoms with Gasteiger partial charge in [0.2, 0.25) is 5.91 Å². The number of benzene rings is 2. The van der Waals surface area contributed by atoms with Gasteiger partial charge in [-0.15, -0.1) is 11.3 Å². The minimum Gasteiger partial charge on any atom is -0.371 e. The summed E-state index contributed by atoms with van der Waals surface area (Å²) in [5.41, 5.74) is 9.24. The highest BCUT2D eigenvalue weighted by atomic mass is 32.1. The molecule has 1 saturated heterocycles. The second-order valence-corrected chi connectivity index (χ2v) is 9.80. The van der Waals surface area contributed by atoms with E-state index >= 15 is 0 Å². The molecule has 0 aliphatic carbocycles. The molecule has 2 aliphatic rings. The predicted molar refractivity (Wildman–Crippen MR) is 132 cm³/mol. The number of rotatable bonds is 4. The van der Waals surface area contributed by atoms with Crippen molar-refractivity contribution in [2.75, 3.05) is 25.0 Å². The number of thiophene rings is 1. The molecule has 33 heavy (non-hydrogen) atoms. The number of nitriles is 1. The van der Waals surface area contributed by atoms with E-state index in [1.165, 1.54) is 10.6 Å². The number of carbonyl (C=O) groups excluding carboxylic acids is 1. The van der Waals surface area contributed by atoms with Gasteiger partial charge in [0.05, 0.1) is 17.6 Å². The van der Waals surface area contributed by atoms with Crippen LogP contribution in [0.2, 0.25) is 0 Å². The fraction of sp³-hybridized carbons (Fsp3) is 0.269. The van der Waals surface area contributed by atoms with E-state index in [0.717, 1.165) is 29.1 Å². The molecule has 0 saturated carbocycles. The van der Waals surface area contributed by atoms with E-state index in [-0.39, 0.29) is 23.7 Å². The highest BCUT2D eigenvalue weighted by molar-refractivity contribution is 7.10. The quantitative estimate of drug-likeness (QED) is 0.643. The SMILES string of the molecule is CN1C(=O)[C@H](C2CN(c3ccccc3)C2)[C@@](C)(c2cc(-c3cccc(C#N)c3)cs2)N=C1N. The maximum Gasteiger partial charge on any atom is 0.235 e. The monoisotopic (exact) mass is 455 g/mol. The molecule has 0 radical (unpaired) electrons. The van der Waals surface area contributed by atoms with Gasteiger partial charge in [-0.2, -0.15) is 5.26 Å². The molecule has 6 nitrogen and oxygen atoms in total. The molecule has 7 heteroatoms. The largest absolute Gasteiger partial charge is 0.371 e. The third-order valence-corrected chi connectivity index (χ3v) is 7.98. The van der Waals surface area contributed by atoms with Crippen LogP contribution in [0, 0.1) is 23.2 Å². The van der Waals surface area contributed by atoms with Crippen LogP contribution in [0.4, 0.5) is 5.69 Å². The Morgan fingerprint density at radius 3 is 2.61 bits per heavy atom. The molecule has 3 heterocycles. The van der Waals surface area contributed by atoms with Crippen molar-refractivity contribution in [3.8, 4) is 17.2 Å². The van der Waals surface area contributed by atoms with Gasteiger partial charge in [0.15, 0.2) is 5.96 Å². The molecule has 1 amide bonds. The summed E-state index contributed by atoms with van der Waals surface area (Å²) < 4.78 is 0. The van der Waals surface area contributed by atoms with Crippen molar-refractivity contribution in [1.82, 2.24) is 4.90 Å². The van der Waals surface area contributed by atoms with E-state index in [4.69, 9.17) is 10.7 Å². The van der Waals surface area contributed by atoms with Crippen molar-refractivity contribution in [2.24, 2.45) is 22.6 Å². The highest BCUT2D eigenvalue weighted by Gasteiger charge is 2.53. The normalized spacial score (nSPS) is 23.1. The van der Waals surface area contributed by atoms with Crippen molar-refractivity contribution in [1.29, 1.82) is 5.26 Å². The second-order valence-electron chi connectivity index (χ2n) is 8.89. The van der Waals surface area contributed by atoms with Crippen LogP contribution >= 0.6 is 11.3 Å². The number of nitrogens with zero attached hydrogens (tertiary/aromatic N) is 4. The first-order valence-electron chi connectivity index (χ1n) is 10.9. The Morgan fingerprint density at radius 2 is 1.88 bits per heavy atom. The van der Waals surface area contributed by atoms with Crippen LogP contribution in [0.25, 0.3) is 11.1 Å². The van der Waals surface area contributed by atoms with Gasteiger partial charge in [-0.3, -0.25) is 9.69 Å². The van der Waals surface area contributed by atoms with Crippen molar-refractivity contribution in [2.45, 2.75) is 12.5 Å². The summed E-state index contributed by atoms with van der Waals surface area (Å²) in [6, 6.07) is 22.1. The lowest BCUT2D eigenvalue weighted by atomic mass is 9.71. The van der Waals surface area contributed by atoms with Crippen LogP contribution < -0.4 is 10.6 Å². The Kier molecular flexibility index (Phi) is 5.18. The molecule has 2 N–H and O–H groups in total. The summed E-state index contributed by atoms with van der Waals surface area (Å²) in [5.74, 6) is 0.143. The minimum absolute atomic E-state index is 0.0177.